The van der Waals surface area contributed by atoms with Crippen LogP contribution < -0.4 is 9.47 Å². The van der Waals surface area contributed by atoms with E-state index in [4.69, 9.17) is 9.47 Å². The van der Waals surface area contributed by atoms with Gasteiger partial charge in [0.25, 0.3) is 0 Å². The SMILES string of the molecule is CC.CC.COc1cc2nc(-c3ccccn3)nc(C)c2cc1OC. The lowest BCUT2D eigenvalue weighted by Gasteiger charge is -2.11. The molecule has 134 valence electrons. The van der Waals surface area contributed by atoms with Gasteiger partial charge in [-0.2, -0.15) is 0 Å². The van der Waals surface area contributed by atoms with Crippen LogP contribution in [0, 0.1) is 6.92 Å². The van der Waals surface area contributed by atoms with Gasteiger partial charge in [-0.05, 0) is 25.1 Å². The van der Waals surface area contributed by atoms with Crippen molar-refractivity contribution in [3.8, 4) is 23.0 Å². The number of ether oxygens (including phenoxy) is 2. The minimum absolute atomic E-state index is 0.604. The van der Waals surface area contributed by atoms with Crippen LogP contribution in [0.5, 0.6) is 11.5 Å². The van der Waals surface area contributed by atoms with E-state index in [0.717, 1.165) is 22.3 Å². The largest absolute Gasteiger partial charge is 0.493 e. The highest BCUT2D eigenvalue weighted by Crippen LogP contribution is 2.33. The highest BCUT2D eigenvalue weighted by Gasteiger charge is 2.12. The lowest BCUT2D eigenvalue weighted by molar-refractivity contribution is 0.355. The third-order valence-corrected chi connectivity index (χ3v) is 3.29. The lowest BCUT2D eigenvalue weighted by atomic mass is 10.1. The van der Waals surface area contributed by atoms with Crippen molar-refractivity contribution in [2.75, 3.05) is 14.2 Å². The normalized spacial score (nSPS) is 9.40. The van der Waals surface area contributed by atoms with Gasteiger partial charge in [-0.3, -0.25) is 4.98 Å². The Morgan fingerprint density at radius 3 is 2.04 bits per heavy atom. The van der Waals surface area contributed by atoms with Gasteiger partial charge in [0, 0.05) is 23.3 Å². The molecule has 0 aliphatic rings. The maximum atomic E-state index is 5.33. The van der Waals surface area contributed by atoms with Gasteiger partial charge in [-0.1, -0.05) is 33.8 Å². The van der Waals surface area contributed by atoms with Crippen LogP contribution in [0.25, 0.3) is 22.4 Å². The van der Waals surface area contributed by atoms with Crippen LogP contribution in [0.1, 0.15) is 33.4 Å². The van der Waals surface area contributed by atoms with Crippen LogP contribution >= 0.6 is 0 Å². The molecule has 2 heterocycles. The van der Waals surface area contributed by atoms with E-state index < -0.39 is 0 Å². The molecule has 25 heavy (non-hydrogen) atoms. The third kappa shape index (κ3) is 4.66. The van der Waals surface area contributed by atoms with Crippen LogP contribution in [-0.4, -0.2) is 29.2 Å². The van der Waals surface area contributed by atoms with Crippen molar-refractivity contribution in [1.82, 2.24) is 15.0 Å². The number of rotatable bonds is 3. The summed E-state index contributed by atoms with van der Waals surface area (Å²) in [5, 5.41) is 0.937. The first kappa shape index (κ1) is 20.4. The average Bonchev–Trinajstić information content (AvgIpc) is 2.70. The van der Waals surface area contributed by atoms with E-state index in [1.165, 1.54) is 0 Å². The molecule has 0 saturated heterocycles. The first-order valence-electron chi connectivity index (χ1n) is 8.54. The first-order chi connectivity index (χ1) is 12.2. The molecule has 0 N–H and O–H groups in total. The second-order valence-electron chi connectivity index (χ2n) is 4.57. The Hall–Kier alpha value is -2.69. The van der Waals surface area contributed by atoms with Crippen molar-refractivity contribution in [2.24, 2.45) is 0 Å². The third-order valence-electron chi connectivity index (χ3n) is 3.29. The molecule has 2 aromatic heterocycles. The van der Waals surface area contributed by atoms with Crippen LogP contribution in [0.2, 0.25) is 0 Å². The Bertz CT molecular complexity index is 790. The van der Waals surface area contributed by atoms with Gasteiger partial charge >= 0.3 is 0 Å². The van der Waals surface area contributed by atoms with Gasteiger partial charge < -0.3 is 9.47 Å². The predicted octanol–water partition coefficient (Wildman–Crippen LogP) is 5.07. The fourth-order valence-corrected chi connectivity index (χ4v) is 2.22. The number of hydrogen-bond donors (Lipinski definition) is 0. The molecule has 0 spiro atoms. The molecule has 5 nitrogen and oxygen atoms in total. The zero-order valence-electron chi connectivity index (χ0n) is 16.1. The quantitative estimate of drug-likeness (QED) is 0.665. The molecule has 0 bridgehead atoms. The molecule has 0 atom stereocenters. The summed E-state index contributed by atoms with van der Waals surface area (Å²) >= 11 is 0. The number of aromatic nitrogens is 3. The number of hydrogen-bond acceptors (Lipinski definition) is 5. The summed E-state index contributed by atoms with van der Waals surface area (Å²) in [6.07, 6.45) is 1.73. The van der Waals surface area contributed by atoms with E-state index in [0.29, 0.717) is 17.3 Å². The summed E-state index contributed by atoms with van der Waals surface area (Å²) in [5.41, 5.74) is 2.43. The van der Waals surface area contributed by atoms with Crippen molar-refractivity contribution < 1.29 is 9.47 Å². The molecule has 0 aliphatic carbocycles. The number of methoxy groups -OCH3 is 2. The monoisotopic (exact) mass is 341 g/mol. The number of pyridine rings is 1. The summed E-state index contributed by atoms with van der Waals surface area (Å²) in [6.45, 7) is 9.95. The Morgan fingerprint density at radius 2 is 1.48 bits per heavy atom. The summed E-state index contributed by atoms with van der Waals surface area (Å²) in [7, 11) is 3.22. The van der Waals surface area contributed by atoms with E-state index in [2.05, 4.69) is 15.0 Å². The van der Waals surface area contributed by atoms with Crippen LogP contribution in [-0.2, 0) is 0 Å². The summed E-state index contributed by atoms with van der Waals surface area (Å²) in [5.74, 6) is 1.92. The topological polar surface area (TPSA) is 57.1 Å². The van der Waals surface area contributed by atoms with Crippen molar-refractivity contribution in [3.05, 3.63) is 42.2 Å². The molecule has 0 aliphatic heterocycles. The highest BCUT2D eigenvalue weighted by molar-refractivity contribution is 5.85. The molecular formula is C20H27N3O2. The Labute approximate surface area is 150 Å². The predicted molar refractivity (Wildman–Crippen MR) is 103 cm³/mol. The number of nitrogens with zero attached hydrogens (tertiary/aromatic N) is 3. The minimum Gasteiger partial charge on any atom is -0.493 e. The summed E-state index contributed by atoms with van der Waals surface area (Å²) < 4.78 is 10.7. The smallest absolute Gasteiger partial charge is 0.178 e. The fraction of sp³-hybridized carbons (Fsp3) is 0.350. The highest BCUT2D eigenvalue weighted by atomic mass is 16.5. The van der Waals surface area contributed by atoms with Gasteiger partial charge in [0.05, 0.1) is 19.7 Å². The van der Waals surface area contributed by atoms with Gasteiger partial charge in [0.15, 0.2) is 17.3 Å². The molecule has 3 rings (SSSR count). The van der Waals surface area contributed by atoms with Crippen molar-refractivity contribution in [2.45, 2.75) is 34.6 Å². The van der Waals surface area contributed by atoms with Crippen LogP contribution in [0.4, 0.5) is 0 Å². The zero-order chi connectivity index (χ0) is 18.8. The van der Waals surface area contributed by atoms with Crippen LogP contribution in [0.15, 0.2) is 36.5 Å². The van der Waals surface area contributed by atoms with E-state index in [-0.39, 0.29) is 0 Å². The Morgan fingerprint density at radius 1 is 0.840 bits per heavy atom. The zero-order valence-corrected chi connectivity index (χ0v) is 16.1. The molecule has 0 unspecified atom stereocenters. The second kappa shape index (κ2) is 10.2. The van der Waals surface area contributed by atoms with Crippen LogP contribution in [0.3, 0.4) is 0 Å². The van der Waals surface area contributed by atoms with Gasteiger partial charge in [-0.25, -0.2) is 9.97 Å². The number of fused-ring (bicyclic) bond motifs is 1. The first-order valence-corrected chi connectivity index (χ1v) is 8.54. The summed E-state index contributed by atoms with van der Waals surface area (Å²) in [6, 6.07) is 9.42. The van der Waals surface area contributed by atoms with E-state index in [9.17, 15) is 0 Å². The molecular weight excluding hydrogens is 314 g/mol. The van der Waals surface area contributed by atoms with Gasteiger partial charge in [0.1, 0.15) is 5.69 Å². The molecule has 0 saturated carbocycles. The van der Waals surface area contributed by atoms with E-state index in [1.54, 1.807) is 20.4 Å². The molecule has 0 fully saturated rings. The number of benzene rings is 1. The molecule has 0 amide bonds. The van der Waals surface area contributed by atoms with E-state index in [1.807, 2.05) is 65.0 Å². The van der Waals surface area contributed by atoms with Crippen molar-refractivity contribution >= 4 is 10.9 Å². The maximum absolute atomic E-state index is 5.33. The second-order valence-corrected chi connectivity index (χ2v) is 4.57. The average molecular weight is 341 g/mol. The molecule has 5 heteroatoms. The fourth-order valence-electron chi connectivity index (χ4n) is 2.22. The van der Waals surface area contributed by atoms with E-state index >= 15 is 0 Å². The molecule has 3 aromatic rings. The maximum Gasteiger partial charge on any atom is 0.178 e. The Kier molecular flexibility index (Phi) is 8.33. The molecule has 1 aromatic carbocycles. The standard InChI is InChI=1S/C16H15N3O2.2C2H6/c1-10-11-8-14(20-2)15(21-3)9-13(11)19-16(18-10)12-6-4-5-7-17-12;2*1-2/h4-9H,1-3H3;2*1-2H3. The van der Waals surface area contributed by atoms with Crippen molar-refractivity contribution in [3.63, 3.8) is 0 Å². The Balaban J connectivity index is 0.000000730. The lowest BCUT2D eigenvalue weighted by Crippen LogP contribution is -1.98. The van der Waals surface area contributed by atoms with Gasteiger partial charge in [-0.15, -0.1) is 0 Å². The summed E-state index contributed by atoms with van der Waals surface area (Å²) in [4.78, 5) is 13.4. The minimum atomic E-state index is 0.604. The van der Waals surface area contributed by atoms with Gasteiger partial charge in [0.2, 0.25) is 0 Å². The number of aryl methyl sites for hydroxylation is 1. The van der Waals surface area contributed by atoms with Crippen molar-refractivity contribution in [1.29, 1.82) is 0 Å². The molecule has 0 radical (unpaired) electrons.